The molecule has 0 aliphatic carbocycles. The number of hydrogen-bond acceptors (Lipinski definition) is 4. The van der Waals surface area contributed by atoms with E-state index in [4.69, 9.17) is 5.73 Å². The molecule has 2 unspecified atom stereocenters. The van der Waals surface area contributed by atoms with Crippen LogP contribution in [0.5, 0.6) is 0 Å². The lowest BCUT2D eigenvalue weighted by atomic mass is 10.0. The zero-order valence-electron chi connectivity index (χ0n) is 10.7. The summed E-state index contributed by atoms with van der Waals surface area (Å²) in [5.74, 6) is -0.306. The summed E-state index contributed by atoms with van der Waals surface area (Å²) >= 11 is 1.49. The van der Waals surface area contributed by atoms with Crippen molar-refractivity contribution < 1.29 is 4.79 Å². The lowest BCUT2D eigenvalue weighted by Crippen LogP contribution is -2.34. The van der Waals surface area contributed by atoms with Crippen LogP contribution in [0.3, 0.4) is 0 Å². The molecule has 18 heavy (non-hydrogen) atoms. The van der Waals surface area contributed by atoms with Crippen molar-refractivity contribution in [1.82, 2.24) is 4.98 Å². The Morgan fingerprint density at radius 3 is 2.83 bits per heavy atom. The van der Waals surface area contributed by atoms with Crippen molar-refractivity contribution in [2.24, 2.45) is 11.7 Å². The first-order valence-electron chi connectivity index (χ1n) is 5.91. The highest BCUT2D eigenvalue weighted by Crippen LogP contribution is 2.27. The first-order chi connectivity index (χ1) is 8.47. The molecule has 0 fully saturated rings. The monoisotopic (exact) mass is 263 g/mol. The SMILES string of the molecule is Cc1ccc2nc(NC(=O)C(C)C(C)N)sc2c1. The highest BCUT2D eigenvalue weighted by atomic mass is 32.1. The summed E-state index contributed by atoms with van der Waals surface area (Å²) in [5, 5.41) is 3.45. The topological polar surface area (TPSA) is 68.0 Å². The lowest BCUT2D eigenvalue weighted by molar-refractivity contribution is -0.119. The predicted molar refractivity (Wildman–Crippen MR) is 75.8 cm³/mol. The molecular weight excluding hydrogens is 246 g/mol. The smallest absolute Gasteiger partial charge is 0.230 e. The van der Waals surface area contributed by atoms with Crippen LogP contribution in [0, 0.1) is 12.8 Å². The van der Waals surface area contributed by atoms with E-state index in [1.54, 1.807) is 0 Å². The van der Waals surface area contributed by atoms with Gasteiger partial charge in [-0.25, -0.2) is 4.98 Å². The maximum atomic E-state index is 11.9. The third kappa shape index (κ3) is 2.68. The van der Waals surface area contributed by atoms with Gasteiger partial charge in [0.15, 0.2) is 5.13 Å². The molecule has 0 radical (unpaired) electrons. The molecule has 3 N–H and O–H groups in total. The minimum atomic E-state index is -0.223. The summed E-state index contributed by atoms with van der Waals surface area (Å²) in [6.07, 6.45) is 0. The summed E-state index contributed by atoms with van der Waals surface area (Å²) in [7, 11) is 0. The lowest BCUT2D eigenvalue weighted by Gasteiger charge is -2.13. The van der Waals surface area contributed by atoms with Crippen LogP contribution in [0.1, 0.15) is 19.4 Å². The number of fused-ring (bicyclic) bond motifs is 1. The summed E-state index contributed by atoms with van der Waals surface area (Å²) < 4.78 is 1.08. The van der Waals surface area contributed by atoms with Gasteiger partial charge in [-0.2, -0.15) is 0 Å². The van der Waals surface area contributed by atoms with Crippen molar-refractivity contribution in [2.45, 2.75) is 26.8 Å². The quantitative estimate of drug-likeness (QED) is 0.894. The van der Waals surface area contributed by atoms with Gasteiger partial charge in [-0.3, -0.25) is 4.79 Å². The second-order valence-electron chi connectivity index (χ2n) is 4.63. The number of amides is 1. The number of benzene rings is 1. The Labute approximate surface area is 110 Å². The van der Waals surface area contributed by atoms with E-state index in [1.165, 1.54) is 16.9 Å². The van der Waals surface area contributed by atoms with Crippen molar-refractivity contribution >= 4 is 32.6 Å². The normalized spacial score (nSPS) is 14.4. The number of nitrogens with zero attached hydrogens (tertiary/aromatic N) is 1. The minimum absolute atomic E-state index is 0.0826. The Balaban J connectivity index is 2.20. The molecule has 4 nitrogen and oxygen atoms in total. The fourth-order valence-electron chi connectivity index (χ4n) is 1.54. The summed E-state index contributed by atoms with van der Waals surface area (Å²) in [6, 6.07) is 5.88. The molecule has 0 aliphatic rings. The number of thiazole rings is 1. The number of nitrogens with one attached hydrogen (secondary N) is 1. The van der Waals surface area contributed by atoms with Gasteiger partial charge in [0, 0.05) is 6.04 Å². The first kappa shape index (κ1) is 13.0. The third-order valence-corrected chi connectivity index (χ3v) is 3.91. The van der Waals surface area contributed by atoms with Crippen molar-refractivity contribution in [3.63, 3.8) is 0 Å². The van der Waals surface area contributed by atoms with E-state index in [-0.39, 0.29) is 17.9 Å². The number of aromatic nitrogens is 1. The van der Waals surface area contributed by atoms with Gasteiger partial charge in [-0.15, -0.1) is 0 Å². The zero-order valence-corrected chi connectivity index (χ0v) is 11.5. The molecule has 2 atom stereocenters. The zero-order chi connectivity index (χ0) is 13.3. The molecule has 5 heteroatoms. The standard InChI is InChI=1S/C13H17N3OS/c1-7-4-5-10-11(6-7)18-13(15-10)16-12(17)8(2)9(3)14/h4-6,8-9H,14H2,1-3H3,(H,15,16,17). The van der Waals surface area contributed by atoms with E-state index in [9.17, 15) is 4.79 Å². The van der Waals surface area contributed by atoms with Gasteiger partial charge in [0.25, 0.3) is 0 Å². The van der Waals surface area contributed by atoms with Crippen LogP contribution in [0.25, 0.3) is 10.2 Å². The predicted octanol–water partition coefficient (Wildman–Crippen LogP) is 2.53. The molecule has 96 valence electrons. The number of rotatable bonds is 3. The van der Waals surface area contributed by atoms with Gasteiger partial charge in [-0.1, -0.05) is 24.3 Å². The second kappa shape index (κ2) is 5.04. The largest absolute Gasteiger partial charge is 0.327 e. The van der Waals surface area contributed by atoms with E-state index < -0.39 is 0 Å². The van der Waals surface area contributed by atoms with Crippen molar-refractivity contribution in [1.29, 1.82) is 0 Å². The maximum Gasteiger partial charge on any atom is 0.230 e. The van der Waals surface area contributed by atoms with Crippen LogP contribution < -0.4 is 11.1 Å². The minimum Gasteiger partial charge on any atom is -0.327 e. The maximum absolute atomic E-state index is 11.9. The van der Waals surface area contributed by atoms with Crippen molar-refractivity contribution in [3.05, 3.63) is 23.8 Å². The van der Waals surface area contributed by atoms with E-state index in [0.717, 1.165) is 10.2 Å². The number of carbonyl (C=O) groups excluding carboxylic acids is 1. The summed E-state index contributed by atoms with van der Waals surface area (Å²) in [6.45, 7) is 5.68. The number of nitrogens with two attached hydrogens (primary N) is 1. The third-order valence-electron chi connectivity index (χ3n) is 2.98. The van der Waals surface area contributed by atoms with Crippen LogP contribution in [-0.2, 0) is 4.79 Å². The molecule has 1 heterocycles. The Morgan fingerprint density at radius 1 is 1.44 bits per heavy atom. The number of anilines is 1. The number of carbonyl (C=O) groups is 1. The highest BCUT2D eigenvalue weighted by Gasteiger charge is 2.18. The van der Waals surface area contributed by atoms with Crippen LogP contribution >= 0.6 is 11.3 Å². The number of aryl methyl sites for hydroxylation is 1. The molecule has 1 amide bonds. The molecule has 0 saturated heterocycles. The van der Waals surface area contributed by atoms with E-state index in [1.807, 2.05) is 32.9 Å². The fraction of sp³-hybridized carbons (Fsp3) is 0.385. The van der Waals surface area contributed by atoms with Crippen LogP contribution in [0.4, 0.5) is 5.13 Å². The summed E-state index contributed by atoms with van der Waals surface area (Å²) in [4.78, 5) is 16.3. The van der Waals surface area contributed by atoms with Crippen LogP contribution in [0.2, 0.25) is 0 Å². The van der Waals surface area contributed by atoms with Gasteiger partial charge in [-0.05, 0) is 31.5 Å². The average molecular weight is 263 g/mol. The molecule has 1 aromatic carbocycles. The van der Waals surface area contributed by atoms with Gasteiger partial charge in [0.05, 0.1) is 16.1 Å². The molecule has 2 rings (SSSR count). The molecular formula is C13H17N3OS. The molecule has 0 saturated carbocycles. The first-order valence-corrected chi connectivity index (χ1v) is 6.72. The molecule has 0 spiro atoms. The number of hydrogen-bond donors (Lipinski definition) is 2. The molecule has 0 aliphatic heterocycles. The summed E-state index contributed by atoms with van der Waals surface area (Å²) in [5.41, 5.74) is 7.81. The van der Waals surface area contributed by atoms with Gasteiger partial charge in [0.2, 0.25) is 5.91 Å². The highest BCUT2D eigenvalue weighted by molar-refractivity contribution is 7.22. The van der Waals surface area contributed by atoms with Gasteiger partial charge < -0.3 is 11.1 Å². The Kier molecular flexibility index (Phi) is 3.63. The van der Waals surface area contributed by atoms with E-state index >= 15 is 0 Å². The van der Waals surface area contributed by atoms with Crippen molar-refractivity contribution in [2.75, 3.05) is 5.32 Å². The van der Waals surface area contributed by atoms with Gasteiger partial charge >= 0.3 is 0 Å². The molecule has 1 aromatic heterocycles. The van der Waals surface area contributed by atoms with E-state index in [2.05, 4.69) is 16.4 Å². The van der Waals surface area contributed by atoms with Crippen LogP contribution in [-0.4, -0.2) is 16.9 Å². The Morgan fingerprint density at radius 2 is 2.17 bits per heavy atom. The van der Waals surface area contributed by atoms with Crippen molar-refractivity contribution in [3.8, 4) is 0 Å². The second-order valence-corrected chi connectivity index (χ2v) is 5.66. The Hall–Kier alpha value is -1.46. The van der Waals surface area contributed by atoms with Crippen LogP contribution in [0.15, 0.2) is 18.2 Å². The fourth-order valence-corrected chi connectivity index (χ4v) is 2.51. The molecule has 2 aromatic rings. The van der Waals surface area contributed by atoms with E-state index in [0.29, 0.717) is 5.13 Å². The Bertz CT molecular complexity index is 577. The van der Waals surface area contributed by atoms with Gasteiger partial charge in [0.1, 0.15) is 0 Å². The molecule has 0 bridgehead atoms. The average Bonchev–Trinajstić information content (AvgIpc) is 2.68.